The van der Waals surface area contributed by atoms with Crippen molar-refractivity contribution in [2.75, 3.05) is 13.7 Å². The SMILES string of the molecule is CCC1CCCN1C(=O)/C=C(\C)c1ccc(OC)cc1. The van der Waals surface area contributed by atoms with Crippen molar-refractivity contribution in [1.29, 1.82) is 0 Å². The first-order valence-electron chi connectivity index (χ1n) is 7.29. The molecular formula is C17H23NO2. The summed E-state index contributed by atoms with van der Waals surface area (Å²) >= 11 is 0. The highest BCUT2D eigenvalue weighted by atomic mass is 16.5. The molecule has 1 unspecified atom stereocenters. The number of hydrogen-bond donors (Lipinski definition) is 0. The molecule has 1 fully saturated rings. The first kappa shape index (κ1) is 14.6. The van der Waals surface area contributed by atoms with Gasteiger partial charge in [0.25, 0.3) is 0 Å². The number of nitrogens with zero attached hydrogens (tertiary/aromatic N) is 1. The third-order valence-corrected chi connectivity index (χ3v) is 4.02. The highest BCUT2D eigenvalue weighted by molar-refractivity contribution is 5.95. The molecule has 1 amide bonds. The van der Waals surface area contributed by atoms with E-state index in [1.54, 1.807) is 13.2 Å². The monoisotopic (exact) mass is 273 g/mol. The van der Waals surface area contributed by atoms with Gasteiger partial charge in [0.1, 0.15) is 5.75 Å². The number of ether oxygens (including phenoxy) is 1. The molecule has 0 aliphatic carbocycles. The third-order valence-electron chi connectivity index (χ3n) is 4.02. The summed E-state index contributed by atoms with van der Waals surface area (Å²) < 4.78 is 5.15. The van der Waals surface area contributed by atoms with E-state index < -0.39 is 0 Å². The van der Waals surface area contributed by atoms with Crippen LogP contribution in [0.25, 0.3) is 5.57 Å². The summed E-state index contributed by atoms with van der Waals surface area (Å²) in [7, 11) is 1.65. The van der Waals surface area contributed by atoms with Crippen LogP contribution < -0.4 is 4.74 Å². The minimum atomic E-state index is 0.141. The molecule has 3 heteroatoms. The number of hydrogen-bond acceptors (Lipinski definition) is 2. The Balaban J connectivity index is 2.10. The second kappa shape index (κ2) is 6.60. The molecule has 0 N–H and O–H groups in total. The standard InChI is InChI=1S/C17H23NO2/c1-4-15-6-5-11-18(15)17(19)12-13(2)14-7-9-16(20-3)10-8-14/h7-10,12,15H,4-6,11H2,1-3H3/b13-12+. The molecule has 1 atom stereocenters. The molecule has 1 saturated heterocycles. The maximum Gasteiger partial charge on any atom is 0.247 e. The number of amides is 1. The fourth-order valence-corrected chi connectivity index (χ4v) is 2.76. The zero-order valence-electron chi connectivity index (χ0n) is 12.6. The topological polar surface area (TPSA) is 29.5 Å². The molecule has 0 radical (unpaired) electrons. The molecule has 0 aromatic heterocycles. The number of benzene rings is 1. The lowest BCUT2D eigenvalue weighted by atomic mass is 10.1. The predicted octanol–water partition coefficient (Wildman–Crippen LogP) is 3.50. The maximum absolute atomic E-state index is 12.3. The Labute approximate surface area is 121 Å². The van der Waals surface area contributed by atoms with Gasteiger partial charge >= 0.3 is 0 Å². The van der Waals surface area contributed by atoms with Gasteiger partial charge in [-0.3, -0.25) is 4.79 Å². The van der Waals surface area contributed by atoms with Gasteiger partial charge in [-0.05, 0) is 49.5 Å². The predicted molar refractivity (Wildman–Crippen MR) is 81.7 cm³/mol. The third kappa shape index (κ3) is 3.21. The van der Waals surface area contributed by atoms with E-state index in [0.29, 0.717) is 6.04 Å². The Morgan fingerprint density at radius 2 is 2.10 bits per heavy atom. The fourth-order valence-electron chi connectivity index (χ4n) is 2.76. The van der Waals surface area contributed by atoms with Gasteiger partial charge < -0.3 is 9.64 Å². The average Bonchev–Trinajstić information content (AvgIpc) is 2.95. The quantitative estimate of drug-likeness (QED) is 0.786. The Bertz CT molecular complexity index is 490. The van der Waals surface area contributed by atoms with E-state index in [1.165, 1.54) is 0 Å². The van der Waals surface area contributed by atoms with E-state index in [9.17, 15) is 4.79 Å². The van der Waals surface area contributed by atoms with Crippen LogP contribution in [0.2, 0.25) is 0 Å². The number of carbonyl (C=O) groups excluding carboxylic acids is 1. The van der Waals surface area contributed by atoms with E-state index in [4.69, 9.17) is 4.74 Å². The molecule has 1 aromatic rings. The van der Waals surface area contributed by atoms with E-state index in [-0.39, 0.29) is 5.91 Å². The summed E-state index contributed by atoms with van der Waals surface area (Å²) in [4.78, 5) is 14.4. The molecule has 3 nitrogen and oxygen atoms in total. The van der Waals surface area contributed by atoms with Gasteiger partial charge in [-0.2, -0.15) is 0 Å². The van der Waals surface area contributed by atoms with E-state index in [1.807, 2.05) is 36.1 Å². The van der Waals surface area contributed by atoms with Gasteiger partial charge in [-0.1, -0.05) is 19.1 Å². The highest BCUT2D eigenvalue weighted by Crippen LogP contribution is 2.22. The van der Waals surface area contributed by atoms with Crippen LogP contribution in [0.3, 0.4) is 0 Å². The lowest BCUT2D eigenvalue weighted by Gasteiger charge is -2.22. The first-order chi connectivity index (χ1) is 9.65. The van der Waals surface area contributed by atoms with Crippen LogP contribution in [-0.2, 0) is 4.79 Å². The van der Waals surface area contributed by atoms with Crippen LogP contribution in [0.5, 0.6) is 5.75 Å². The lowest BCUT2D eigenvalue weighted by Crippen LogP contribution is -2.33. The first-order valence-corrected chi connectivity index (χ1v) is 7.29. The Kier molecular flexibility index (Phi) is 4.83. The summed E-state index contributed by atoms with van der Waals surface area (Å²) in [5.41, 5.74) is 2.06. The van der Waals surface area contributed by atoms with Crippen molar-refractivity contribution in [2.24, 2.45) is 0 Å². The van der Waals surface area contributed by atoms with Crippen molar-refractivity contribution < 1.29 is 9.53 Å². The highest BCUT2D eigenvalue weighted by Gasteiger charge is 2.25. The van der Waals surface area contributed by atoms with Gasteiger partial charge in [0.15, 0.2) is 0 Å². The van der Waals surface area contributed by atoms with Crippen molar-refractivity contribution in [3.63, 3.8) is 0 Å². The lowest BCUT2D eigenvalue weighted by molar-refractivity contribution is -0.126. The number of allylic oxidation sites excluding steroid dienone is 1. The largest absolute Gasteiger partial charge is 0.497 e. The fraction of sp³-hybridized carbons (Fsp3) is 0.471. The summed E-state index contributed by atoms with van der Waals surface area (Å²) in [5.74, 6) is 0.973. The molecule has 20 heavy (non-hydrogen) atoms. The Morgan fingerprint density at radius 3 is 2.70 bits per heavy atom. The Hall–Kier alpha value is -1.77. The van der Waals surface area contributed by atoms with Crippen LogP contribution in [0.15, 0.2) is 30.3 Å². The number of rotatable bonds is 4. The van der Waals surface area contributed by atoms with E-state index in [0.717, 1.165) is 42.7 Å². The molecule has 1 heterocycles. The van der Waals surface area contributed by atoms with Crippen molar-refractivity contribution in [3.8, 4) is 5.75 Å². The van der Waals surface area contributed by atoms with Crippen molar-refractivity contribution in [2.45, 2.75) is 39.2 Å². The van der Waals surface area contributed by atoms with Crippen LogP contribution >= 0.6 is 0 Å². The van der Waals surface area contributed by atoms with Gasteiger partial charge in [0.05, 0.1) is 7.11 Å². The molecule has 1 aliphatic rings. The van der Waals surface area contributed by atoms with Crippen LogP contribution in [0.1, 0.15) is 38.7 Å². The summed E-state index contributed by atoms with van der Waals surface area (Å²) in [5, 5.41) is 0. The molecule has 108 valence electrons. The van der Waals surface area contributed by atoms with Crippen LogP contribution in [0.4, 0.5) is 0 Å². The zero-order chi connectivity index (χ0) is 14.5. The molecule has 1 aliphatic heterocycles. The van der Waals surface area contributed by atoms with Gasteiger partial charge in [0, 0.05) is 18.7 Å². The van der Waals surface area contributed by atoms with Crippen molar-refractivity contribution >= 4 is 11.5 Å². The Morgan fingerprint density at radius 1 is 1.40 bits per heavy atom. The number of carbonyl (C=O) groups is 1. The second-order valence-corrected chi connectivity index (χ2v) is 5.29. The summed E-state index contributed by atoms with van der Waals surface area (Å²) in [6.45, 7) is 5.02. The smallest absolute Gasteiger partial charge is 0.247 e. The maximum atomic E-state index is 12.3. The van der Waals surface area contributed by atoms with Crippen LogP contribution in [-0.4, -0.2) is 30.5 Å². The zero-order valence-corrected chi connectivity index (χ0v) is 12.6. The minimum Gasteiger partial charge on any atom is -0.497 e. The molecule has 0 saturated carbocycles. The average molecular weight is 273 g/mol. The molecular weight excluding hydrogens is 250 g/mol. The van der Waals surface area contributed by atoms with Gasteiger partial charge in [-0.25, -0.2) is 0 Å². The van der Waals surface area contributed by atoms with Crippen molar-refractivity contribution in [1.82, 2.24) is 4.90 Å². The van der Waals surface area contributed by atoms with Gasteiger partial charge in [-0.15, -0.1) is 0 Å². The number of likely N-dealkylation sites (tertiary alicyclic amines) is 1. The van der Waals surface area contributed by atoms with Gasteiger partial charge in [0.2, 0.25) is 5.91 Å². The second-order valence-electron chi connectivity index (χ2n) is 5.29. The number of methoxy groups -OCH3 is 1. The molecule has 0 bridgehead atoms. The summed E-state index contributed by atoms with van der Waals surface area (Å²) in [6, 6.07) is 8.23. The molecule has 0 spiro atoms. The van der Waals surface area contributed by atoms with Crippen LogP contribution in [0, 0.1) is 0 Å². The normalized spacial score (nSPS) is 19.2. The van der Waals surface area contributed by atoms with Crippen molar-refractivity contribution in [3.05, 3.63) is 35.9 Å². The molecule has 2 rings (SSSR count). The van der Waals surface area contributed by atoms with E-state index in [2.05, 4.69) is 6.92 Å². The molecule has 1 aromatic carbocycles. The summed E-state index contributed by atoms with van der Waals surface area (Å²) in [6.07, 6.45) is 5.06. The minimum absolute atomic E-state index is 0.141. The van der Waals surface area contributed by atoms with E-state index >= 15 is 0 Å².